The van der Waals surface area contributed by atoms with Crippen LogP contribution in [0.5, 0.6) is 0 Å². The van der Waals surface area contributed by atoms with E-state index in [-0.39, 0.29) is 24.8 Å². The molecule has 1 unspecified atom stereocenters. The molecule has 1 rings (SSSR count). The lowest BCUT2D eigenvalue weighted by molar-refractivity contribution is -0.144. The van der Waals surface area contributed by atoms with E-state index in [0.717, 1.165) is 6.42 Å². The Morgan fingerprint density at radius 3 is 2.89 bits per heavy atom. The third-order valence-electron chi connectivity index (χ3n) is 2.73. The molecule has 0 bridgehead atoms. The van der Waals surface area contributed by atoms with Crippen LogP contribution >= 0.6 is 0 Å². The molecule has 1 heterocycles. The Kier molecular flexibility index (Phi) is 5.57. The lowest BCUT2D eigenvalue weighted by atomic mass is 10.1. The van der Waals surface area contributed by atoms with Crippen molar-refractivity contribution in [2.75, 3.05) is 26.2 Å². The predicted molar refractivity (Wildman–Crippen MR) is 63.9 cm³/mol. The number of aliphatic carboxylic acids is 1. The molecule has 3 N–H and O–H groups in total. The molecule has 7 heteroatoms. The van der Waals surface area contributed by atoms with Crippen LogP contribution in [0.15, 0.2) is 0 Å². The van der Waals surface area contributed by atoms with E-state index < -0.39 is 12.0 Å². The summed E-state index contributed by atoms with van der Waals surface area (Å²) in [5.74, 6) is -1.55. The quantitative estimate of drug-likeness (QED) is 0.554. The minimum atomic E-state index is -1.05. The molecule has 1 fully saturated rings. The van der Waals surface area contributed by atoms with Crippen molar-refractivity contribution in [2.45, 2.75) is 25.8 Å². The van der Waals surface area contributed by atoms with Gasteiger partial charge in [0.1, 0.15) is 6.04 Å². The van der Waals surface area contributed by atoms with Crippen LogP contribution in [0.25, 0.3) is 0 Å². The van der Waals surface area contributed by atoms with Crippen molar-refractivity contribution >= 4 is 17.8 Å². The Labute approximate surface area is 106 Å². The molecule has 0 spiro atoms. The first kappa shape index (κ1) is 14.4. The third-order valence-corrected chi connectivity index (χ3v) is 2.73. The number of hydrogen-bond donors (Lipinski definition) is 3. The minimum absolute atomic E-state index is 0.0609. The number of amides is 2. The molecular formula is C11H19N3O4. The van der Waals surface area contributed by atoms with Crippen LogP contribution in [-0.2, 0) is 14.4 Å². The van der Waals surface area contributed by atoms with Crippen molar-refractivity contribution in [2.24, 2.45) is 0 Å². The molecule has 102 valence electrons. The molecule has 18 heavy (non-hydrogen) atoms. The summed E-state index contributed by atoms with van der Waals surface area (Å²) in [5, 5.41) is 14.1. The summed E-state index contributed by atoms with van der Waals surface area (Å²) in [7, 11) is 0. The lowest BCUT2D eigenvalue weighted by Gasteiger charge is -2.33. The molecule has 0 aliphatic carbocycles. The maximum atomic E-state index is 11.6. The highest BCUT2D eigenvalue weighted by atomic mass is 16.4. The van der Waals surface area contributed by atoms with E-state index in [9.17, 15) is 14.4 Å². The number of hydrogen-bond acceptors (Lipinski definition) is 4. The molecule has 7 nitrogen and oxygen atoms in total. The Balaban J connectivity index is 2.56. The van der Waals surface area contributed by atoms with Crippen LogP contribution in [0.3, 0.4) is 0 Å². The van der Waals surface area contributed by atoms with Gasteiger partial charge in [0.05, 0.1) is 13.0 Å². The van der Waals surface area contributed by atoms with Gasteiger partial charge in [0.25, 0.3) is 0 Å². The topological polar surface area (TPSA) is 98.7 Å². The van der Waals surface area contributed by atoms with Crippen molar-refractivity contribution in [3.63, 3.8) is 0 Å². The second-order valence-electron chi connectivity index (χ2n) is 4.23. The number of piperazine rings is 1. The largest absolute Gasteiger partial charge is 0.481 e. The van der Waals surface area contributed by atoms with Gasteiger partial charge < -0.3 is 15.7 Å². The number of carbonyl (C=O) groups excluding carboxylic acids is 2. The number of carboxylic acids is 1. The highest BCUT2D eigenvalue weighted by Crippen LogP contribution is 2.08. The van der Waals surface area contributed by atoms with Gasteiger partial charge in [0.2, 0.25) is 11.8 Å². The predicted octanol–water partition coefficient (Wildman–Crippen LogP) is -1.21. The normalized spacial score (nSPS) is 20.3. The fraction of sp³-hybridized carbons (Fsp3) is 0.727. The van der Waals surface area contributed by atoms with Crippen molar-refractivity contribution in [3.8, 4) is 0 Å². The molecule has 1 atom stereocenters. The van der Waals surface area contributed by atoms with E-state index in [4.69, 9.17) is 5.11 Å². The number of nitrogens with zero attached hydrogens (tertiary/aromatic N) is 1. The molecule has 1 saturated heterocycles. The maximum absolute atomic E-state index is 11.6. The van der Waals surface area contributed by atoms with Gasteiger partial charge in [-0.3, -0.25) is 19.3 Å². The second-order valence-corrected chi connectivity index (χ2v) is 4.23. The van der Waals surface area contributed by atoms with Crippen LogP contribution < -0.4 is 10.6 Å². The average Bonchev–Trinajstić information content (AvgIpc) is 2.30. The summed E-state index contributed by atoms with van der Waals surface area (Å²) < 4.78 is 0. The molecular weight excluding hydrogens is 238 g/mol. The maximum Gasteiger partial charge on any atom is 0.305 e. The summed E-state index contributed by atoms with van der Waals surface area (Å²) in [4.78, 5) is 35.5. The fourth-order valence-corrected chi connectivity index (χ4v) is 1.84. The van der Waals surface area contributed by atoms with Crippen LogP contribution in [0.1, 0.15) is 19.8 Å². The zero-order chi connectivity index (χ0) is 13.5. The van der Waals surface area contributed by atoms with Gasteiger partial charge in [-0.25, -0.2) is 0 Å². The van der Waals surface area contributed by atoms with E-state index in [1.54, 1.807) is 4.90 Å². The summed E-state index contributed by atoms with van der Waals surface area (Å²) in [6.07, 6.45) is 0.553. The first-order chi connectivity index (χ1) is 8.54. The SMILES string of the molecule is CCCNC(=O)CN1CCNC(=O)C1CC(=O)O. The van der Waals surface area contributed by atoms with Crippen LogP contribution in [0, 0.1) is 0 Å². The Morgan fingerprint density at radius 2 is 2.28 bits per heavy atom. The summed E-state index contributed by atoms with van der Waals surface area (Å²) in [5.41, 5.74) is 0. The van der Waals surface area contributed by atoms with Crippen molar-refractivity contribution < 1.29 is 19.5 Å². The monoisotopic (exact) mass is 257 g/mol. The molecule has 2 amide bonds. The van der Waals surface area contributed by atoms with Crippen LogP contribution in [-0.4, -0.2) is 60.0 Å². The van der Waals surface area contributed by atoms with E-state index in [1.165, 1.54) is 0 Å². The minimum Gasteiger partial charge on any atom is -0.481 e. The zero-order valence-corrected chi connectivity index (χ0v) is 10.4. The van der Waals surface area contributed by atoms with Gasteiger partial charge in [-0.15, -0.1) is 0 Å². The van der Waals surface area contributed by atoms with Gasteiger partial charge in [0, 0.05) is 19.6 Å². The number of carboxylic acid groups (broad SMARTS) is 1. The summed E-state index contributed by atoms with van der Waals surface area (Å²) >= 11 is 0. The lowest BCUT2D eigenvalue weighted by Crippen LogP contribution is -2.57. The summed E-state index contributed by atoms with van der Waals surface area (Å²) in [6.45, 7) is 3.52. The molecule has 0 aromatic carbocycles. The molecule has 1 aliphatic rings. The standard InChI is InChI=1S/C11H19N3O4/c1-2-3-12-9(15)7-14-5-4-13-11(18)8(14)6-10(16)17/h8H,2-7H2,1H3,(H,12,15)(H,13,18)(H,16,17). The van der Waals surface area contributed by atoms with E-state index in [0.29, 0.717) is 19.6 Å². The number of nitrogens with one attached hydrogen (secondary N) is 2. The van der Waals surface area contributed by atoms with Gasteiger partial charge >= 0.3 is 5.97 Å². The molecule has 0 aromatic rings. The van der Waals surface area contributed by atoms with E-state index in [2.05, 4.69) is 10.6 Å². The Morgan fingerprint density at radius 1 is 1.56 bits per heavy atom. The molecule has 0 saturated carbocycles. The van der Waals surface area contributed by atoms with Gasteiger partial charge in [-0.05, 0) is 6.42 Å². The summed E-state index contributed by atoms with van der Waals surface area (Å²) in [6, 6.07) is -0.761. The van der Waals surface area contributed by atoms with Gasteiger partial charge in [-0.2, -0.15) is 0 Å². The smallest absolute Gasteiger partial charge is 0.305 e. The molecule has 0 aromatic heterocycles. The third kappa shape index (κ3) is 4.33. The zero-order valence-electron chi connectivity index (χ0n) is 10.4. The Hall–Kier alpha value is -1.63. The number of carbonyl (C=O) groups is 3. The van der Waals surface area contributed by atoms with Gasteiger partial charge in [0.15, 0.2) is 0 Å². The van der Waals surface area contributed by atoms with Crippen molar-refractivity contribution in [3.05, 3.63) is 0 Å². The Bertz CT molecular complexity index is 332. The fourth-order valence-electron chi connectivity index (χ4n) is 1.84. The highest BCUT2D eigenvalue weighted by molar-refractivity contribution is 5.87. The van der Waals surface area contributed by atoms with Crippen LogP contribution in [0.2, 0.25) is 0 Å². The first-order valence-electron chi connectivity index (χ1n) is 6.04. The molecule has 0 radical (unpaired) electrons. The number of rotatable bonds is 6. The molecule has 1 aliphatic heterocycles. The highest BCUT2D eigenvalue weighted by Gasteiger charge is 2.32. The van der Waals surface area contributed by atoms with Crippen molar-refractivity contribution in [1.82, 2.24) is 15.5 Å². The first-order valence-corrected chi connectivity index (χ1v) is 6.04. The van der Waals surface area contributed by atoms with Gasteiger partial charge in [-0.1, -0.05) is 6.92 Å². The van der Waals surface area contributed by atoms with Crippen LogP contribution in [0.4, 0.5) is 0 Å². The second kappa shape index (κ2) is 6.95. The van der Waals surface area contributed by atoms with E-state index in [1.807, 2.05) is 6.92 Å². The average molecular weight is 257 g/mol. The van der Waals surface area contributed by atoms with E-state index >= 15 is 0 Å². The van der Waals surface area contributed by atoms with Crippen molar-refractivity contribution in [1.29, 1.82) is 0 Å².